The third kappa shape index (κ3) is 3.95. The number of carbonyl (C=O) groups excluding carboxylic acids is 2. The van der Waals surface area contributed by atoms with Crippen LogP contribution in [0.5, 0.6) is 0 Å². The van der Waals surface area contributed by atoms with Gasteiger partial charge in [0, 0.05) is 6.04 Å². The number of hydrogen-bond donors (Lipinski definition) is 1. The highest BCUT2D eigenvalue weighted by Crippen LogP contribution is 2.48. The van der Waals surface area contributed by atoms with Crippen molar-refractivity contribution in [3.05, 3.63) is 0 Å². The minimum atomic E-state index is -0.715. The van der Waals surface area contributed by atoms with E-state index >= 15 is 0 Å². The van der Waals surface area contributed by atoms with Crippen LogP contribution in [0.3, 0.4) is 0 Å². The van der Waals surface area contributed by atoms with Crippen LogP contribution in [-0.4, -0.2) is 40.6 Å². The highest BCUT2D eigenvalue weighted by atomic mass is 16.6. The lowest BCUT2D eigenvalue weighted by molar-refractivity contribution is -0.137. The molecule has 0 aromatic carbocycles. The van der Waals surface area contributed by atoms with Gasteiger partial charge in [0.05, 0.1) is 6.07 Å². The largest absolute Gasteiger partial charge is 0.444 e. The van der Waals surface area contributed by atoms with Gasteiger partial charge in [0.2, 0.25) is 5.91 Å². The Kier molecular flexibility index (Phi) is 4.36. The maximum absolute atomic E-state index is 13.0. The van der Waals surface area contributed by atoms with Gasteiger partial charge in [-0.25, -0.2) is 4.79 Å². The molecule has 0 spiro atoms. The van der Waals surface area contributed by atoms with Gasteiger partial charge >= 0.3 is 6.09 Å². The summed E-state index contributed by atoms with van der Waals surface area (Å²) in [6.07, 6.45) is 1.11. The fourth-order valence-electron chi connectivity index (χ4n) is 3.11. The molecule has 1 heterocycles. The number of nitrogens with one attached hydrogen (secondary N) is 1. The first-order chi connectivity index (χ1) is 10.4. The summed E-state index contributed by atoms with van der Waals surface area (Å²) >= 11 is 0. The van der Waals surface area contributed by atoms with Crippen LogP contribution in [0.2, 0.25) is 0 Å². The monoisotopic (exact) mass is 321 g/mol. The fraction of sp³-hybridized carbons (Fsp3) is 0.824. The van der Waals surface area contributed by atoms with Gasteiger partial charge in [-0.3, -0.25) is 4.79 Å². The Morgan fingerprint density at radius 3 is 2.30 bits per heavy atom. The number of nitrogens with zero attached hydrogens (tertiary/aromatic N) is 2. The molecule has 2 rings (SSSR count). The molecular formula is C17H27N3O3. The molecule has 0 aromatic heterocycles. The molecule has 2 fully saturated rings. The summed E-state index contributed by atoms with van der Waals surface area (Å²) in [6, 6.07) is 1.29. The first-order valence-electron chi connectivity index (χ1n) is 8.15. The molecule has 1 aliphatic carbocycles. The van der Waals surface area contributed by atoms with E-state index in [1.54, 1.807) is 25.7 Å². The molecular weight excluding hydrogens is 294 g/mol. The first kappa shape index (κ1) is 17.6. The number of rotatable bonds is 2. The zero-order valence-corrected chi connectivity index (χ0v) is 14.8. The summed E-state index contributed by atoms with van der Waals surface area (Å²) in [5.74, 6) is 0.269. The molecule has 2 aliphatic rings. The molecule has 1 saturated carbocycles. The van der Waals surface area contributed by atoms with Gasteiger partial charge in [0.15, 0.2) is 0 Å². The second-order valence-electron chi connectivity index (χ2n) is 8.63. The van der Waals surface area contributed by atoms with Crippen molar-refractivity contribution in [1.29, 1.82) is 5.26 Å². The van der Waals surface area contributed by atoms with Crippen molar-refractivity contribution in [2.75, 3.05) is 0 Å². The van der Waals surface area contributed by atoms with E-state index in [4.69, 9.17) is 4.74 Å². The van der Waals surface area contributed by atoms with Crippen LogP contribution < -0.4 is 5.32 Å². The summed E-state index contributed by atoms with van der Waals surface area (Å²) < 4.78 is 5.28. The summed E-state index contributed by atoms with van der Waals surface area (Å²) in [4.78, 5) is 26.8. The summed E-state index contributed by atoms with van der Waals surface area (Å²) in [6.45, 7) is 11.0. The number of carbonyl (C=O) groups is 2. The Morgan fingerprint density at radius 2 is 1.83 bits per heavy atom. The highest BCUT2D eigenvalue weighted by Gasteiger charge is 2.56. The number of hydrogen-bond acceptors (Lipinski definition) is 4. The number of ether oxygens (including phenoxy) is 1. The quantitative estimate of drug-likeness (QED) is 0.847. The van der Waals surface area contributed by atoms with E-state index in [0.717, 1.165) is 12.8 Å². The predicted octanol–water partition coefficient (Wildman–Crippen LogP) is 2.44. The molecule has 2 amide bonds. The molecule has 1 N–H and O–H groups in total. The number of likely N-dealkylation sites (tertiary alicyclic amines) is 1. The Labute approximate surface area is 138 Å². The normalized spacial score (nSPS) is 27.7. The van der Waals surface area contributed by atoms with Crippen LogP contribution in [-0.2, 0) is 9.53 Å². The van der Waals surface area contributed by atoms with Gasteiger partial charge in [0.25, 0.3) is 0 Å². The van der Waals surface area contributed by atoms with Crippen molar-refractivity contribution < 1.29 is 14.3 Å². The van der Waals surface area contributed by atoms with E-state index in [1.165, 1.54) is 0 Å². The summed E-state index contributed by atoms with van der Waals surface area (Å²) in [5.41, 5.74) is -1.10. The maximum atomic E-state index is 13.0. The van der Waals surface area contributed by atoms with Gasteiger partial charge in [-0.1, -0.05) is 20.8 Å². The summed E-state index contributed by atoms with van der Waals surface area (Å²) in [7, 11) is 0. The Balaban J connectivity index is 2.14. The third-order valence-corrected chi connectivity index (χ3v) is 4.28. The van der Waals surface area contributed by atoms with Crippen LogP contribution in [0.4, 0.5) is 4.79 Å². The number of fused-ring (bicyclic) bond motifs is 1. The molecule has 6 nitrogen and oxygen atoms in total. The van der Waals surface area contributed by atoms with Gasteiger partial charge in [-0.15, -0.1) is 0 Å². The molecule has 1 saturated heterocycles. The van der Waals surface area contributed by atoms with Crippen molar-refractivity contribution in [3.8, 4) is 6.07 Å². The summed E-state index contributed by atoms with van der Waals surface area (Å²) in [5, 5.41) is 12.0. The van der Waals surface area contributed by atoms with E-state index in [0.29, 0.717) is 5.92 Å². The third-order valence-electron chi connectivity index (χ3n) is 4.28. The Hall–Kier alpha value is -1.77. The second kappa shape index (κ2) is 5.70. The van der Waals surface area contributed by atoms with Crippen LogP contribution in [0, 0.1) is 22.7 Å². The molecule has 0 aromatic rings. The predicted molar refractivity (Wildman–Crippen MR) is 85.4 cm³/mol. The molecule has 23 heavy (non-hydrogen) atoms. The molecule has 3 unspecified atom stereocenters. The van der Waals surface area contributed by atoms with E-state index in [9.17, 15) is 14.9 Å². The molecule has 1 aliphatic heterocycles. The fourth-order valence-corrected chi connectivity index (χ4v) is 3.11. The molecule has 128 valence electrons. The van der Waals surface area contributed by atoms with E-state index in [-0.39, 0.29) is 18.0 Å². The van der Waals surface area contributed by atoms with Crippen LogP contribution in [0.15, 0.2) is 0 Å². The maximum Gasteiger partial charge on any atom is 0.408 e. The van der Waals surface area contributed by atoms with Crippen LogP contribution in [0.1, 0.15) is 54.4 Å². The average Bonchev–Trinajstić information content (AvgIpc) is 3.03. The first-order valence-corrected chi connectivity index (χ1v) is 8.15. The zero-order chi connectivity index (χ0) is 17.6. The number of amides is 2. The average molecular weight is 321 g/mol. The number of alkyl carbamates (subject to hydrolysis) is 1. The minimum absolute atomic E-state index is 0.164. The Bertz CT molecular complexity index is 539. The minimum Gasteiger partial charge on any atom is -0.444 e. The lowest BCUT2D eigenvalue weighted by Crippen LogP contribution is -2.57. The van der Waals surface area contributed by atoms with E-state index in [1.807, 2.05) is 20.8 Å². The van der Waals surface area contributed by atoms with Crippen LogP contribution >= 0.6 is 0 Å². The molecule has 0 radical (unpaired) electrons. The van der Waals surface area contributed by atoms with E-state index < -0.39 is 23.2 Å². The van der Waals surface area contributed by atoms with Gasteiger partial charge in [-0.05, 0) is 44.9 Å². The van der Waals surface area contributed by atoms with Gasteiger partial charge < -0.3 is 15.0 Å². The smallest absolute Gasteiger partial charge is 0.408 e. The van der Waals surface area contributed by atoms with Crippen molar-refractivity contribution in [3.63, 3.8) is 0 Å². The van der Waals surface area contributed by atoms with Crippen LogP contribution in [0.25, 0.3) is 0 Å². The lowest BCUT2D eigenvalue weighted by atomic mass is 9.85. The molecule has 0 bridgehead atoms. The number of nitriles is 1. The van der Waals surface area contributed by atoms with Crippen molar-refractivity contribution >= 4 is 12.0 Å². The lowest BCUT2D eigenvalue weighted by Gasteiger charge is -2.35. The molecule has 4 atom stereocenters. The number of piperidine rings is 1. The zero-order valence-electron chi connectivity index (χ0n) is 14.8. The van der Waals surface area contributed by atoms with Gasteiger partial charge in [-0.2, -0.15) is 5.26 Å². The SMILES string of the molecule is CC(C)(C)OC(=O)N[C@H](C(=O)N1C(C#N)CC2CC21)C(C)(C)C. The highest BCUT2D eigenvalue weighted by molar-refractivity contribution is 5.88. The standard InChI is InChI=1S/C17H27N3O3/c1-16(2,3)13(19-15(22)23-17(4,5)6)14(21)20-11(9-18)7-10-8-12(10)20/h10-13H,7-8H2,1-6H3,(H,19,22)/t10?,11?,12?,13-/m1/s1. The Morgan fingerprint density at radius 1 is 1.22 bits per heavy atom. The van der Waals surface area contributed by atoms with Crippen molar-refractivity contribution in [2.24, 2.45) is 11.3 Å². The van der Waals surface area contributed by atoms with Gasteiger partial charge in [0.1, 0.15) is 17.7 Å². The van der Waals surface area contributed by atoms with E-state index in [2.05, 4.69) is 11.4 Å². The van der Waals surface area contributed by atoms with Crippen molar-refractivity contribution in [1.82, 2.24) is 10.2 Å². The van der Waals surface area contributed by atoms with Crippen molar-refractivity contribution in [2.45, 2.75) is 78.1 Å². The second-order valence-corrected chi connectivity index (χ2v) is 8.63. The molecule has 6 heteroatoms. The topological polar surface area (TPSA) is 82.4 Å².